The Labute approximate surface area is 228 Å². The van der Waals surface area contributed by atoms with Gasteiger partial charge in [0.05, 0.1) is 13.1 Å². The lowest BCUT2D eigenvalue weighted by atomic mass is 10.0. The van der Waals surface area contributed by atoms with Crippen molar-refractivity contribution in [1.82, 2.24) is 4.57 Å². The average molecular weight is 504 g/mol. The van der Waals surface area contributed by atoms with E-state index in [1.807, 2.05) is 0 Å². The monoisotopic (exact) mass is 504 g/mol. The zero-order valence-corrected chi connectivity index (χ0v) is 25.3. The summed E-state index contributed by atoms with van der Waals surface area (Å²) in [5, 5.41) is 0. The van der Waals surface area contributed by atoms with Gasteiger partial charge < -0.3 is 0 Å². The molecule has 0 atom stereocenters. The van der Waals surface area contributed by atoms with Gasteiger partial charge in [0.15, 0.2) is 0 Å². The molecule has 0 unspecified atom stereocenters. The summed E-state index contributed by atoms with van der Waals surface area (Å²) >= 11 is 0. The molecular weight excluding hydrogens is 436 g/mol. The quantitative estimate of drug-likeness (QED) is 0.0794. The molecule has 0 radical (unpaired) electrons. The van der Waals surface area contributed by atoms with E-state index < -0.39 is 0 Å². The summed E-state index contributed by atoms with van der Waals surface area (Å²) in [6, 6.07) is 0. The van der Waals surface area contributed by atoms with E-state index in [9.17, 15) is 0 Å². The van der Waals surface area contributed by atoms with Crippen LogP contribution in [-0.4, -0.2) is 4.57 Å². The summed E-state index contributed by atoms with van der Waals surface area (Å²) in [4.78, 5) is 0. The summed E-state index contributed by atoms with van der Waals surface area (Å²) < 4.78 is 5.20. The minimum atomic E-state index is 1.22. The fourth-order valence-corrected chi connectivity index (χ4v) is 5.62. The number of aryl methyl sites for hydroxylation is 2. The first kappa shape index (κ1) is 33.2. The Bertz CT molecular complexity index is 562. The molecule has 1 aromatic rings. The Morgan fingerprint density at radius 2 is 0.861 bits per heavy atom. The van der Waals surface area contributed by atoms with Crippen LogP contribution in [0.2, 0.25) is 0 Å². The maximum absolute atomic E-state index is 2.60. The maximum atomic E-state index is 2.60. The summed E-state index contributed by atoms with van der Waals surface area (Å²) in [6.45, 7) is 9.38. The number of hydrogen-bond donors (Lipinski definition) is 0. The fourth-order valence-electron chi connectivity index (χ4n) is 5.62. The third-order valence-corrected chi connectivity index (χ3v) is 8.10. The smallest absolute Gasteiger partial charge is 0.234 e. The van der Waals surface area contributed by atoms with Gasteiger partial charge in [0.25, 0.3) is 5.82 Å². The highest BCUT2D eigenvalue weighted by Gasteiger charge is 2.16. The van der Waals surface area contributed by atoms with Crippen molar-refractivity contribution in [3.63, 3.8) is 0 Å². The Morgan fingerprint density at radius 1 is 0.472 bits per heavy atom. The van der Waals surface area contributed by atoms with Gasteiger partial charge >= 0.3 is 0 Å². The minimum Gasteiger partial charge on any atom is -0.234 e. The van der Waals surface area contributed by atoms with E-state index >= 15 is 0 Å². The van der Waals surface area contributed by atoms with Crippen molar-refractivity contribution in [3.8, 4) is 0 Å². The highest BCUT2D eigenvalue weighted by Crippen LogP contribution is 2.14. The molecule has 1 aromatic heterocycles. The van der Waals surface area contributed by atoms with Crippen molar-refractivity contribution >= 4 is 0 Å². The molecule has 1 rings (SSSR count). The zero-order chi connectivity index (χ0) is 25.9. The number of rotatable bonds is 28. The van der Waals surface area contributed by atoms with Gasteiger partial charge in [-0.25, -0.2) is 9.13 Å². The molecule has 2 heteroatoms. The molecule has 212 valence electrons. The lowest BCUT2D eigenvalue weighted by molar-refractivity contribution is -0.704. The molecule has 0 bridgehead atoms. The van der Waals surface area contributed by atoms with Gasteiger partial charge in [-0.1, -0.05) is 149 Å². The molecule has 36 heavy (non-hydrogen) atoms. The van der Waals surface area contributed by atoms with E-state index in [1.54, 1.807) is 5.82 Å². The Kier molecular flexibility index (Phi) is 23.9. The van der Waals surface area contributed by atoms with Gasteiger partial charge in [-0.2, -0.15) is 0 Å². The molecule has 0 saturated carbocycles. The van der Waals surface area contributed by atoms with Crippen molar-refractivity contribution in [2.45, 2.75) is 201 Å². The van der Waals surface area contributed by atoms with E-state index in [1.165, 1.54) is 180 Å². The van der Waals surface area contributed by atoms with Gasteiger partial charge in [-0.15, -0.1) is 0 Å². The lowest BCUT2D eigenvalue weighted by Crippen LogP contribution is -2.37. The number of imidazole rings is 1. The van der Waals surface area contributed by atoms with Gasteiger partial charge in [0.2, 0.25) is 0 Å². The molecule has 0 saturated heterocycles. The minimum absolute atomic E-state index is 1.22. The van der Waals surface area contributed by atoms with Crippen molar-refractivity contribution < 1.29 is 4.57 Å². The predicted molar refractivity (Wildman–Crippen MR) is 161 cm³/mol. The Morgan fingerprint density at radius 3 is 1.33 bits per heavy atom. The number of hydrogen-bond acceptors (Lipinski definition) is 0. The zero-order valence-electron chi connectivity index (χ0n) is 25.3. The molecule has 0 aromatic carbocycles. The third-order valence-electron chi connectivity index (χ3n) is 8.10. The molecule has 0 fully saturated rings. The topological polar surface area (TPSA) is 8.81 Å². The standard InChI is InChI=1S/C34H67N2/c1-4-7-10-13-15-16-17-18-19-20-21-22-23-25-28-31-36-33-32-35(30-27-24-14-11-8-5-2)34(36)29-26-12-9-6-3/h32-33H,4-31H2,1-3H3/q+1. The molecule has 0 aliphatic heterocycles. The first-order valence-electron chi connectivity index (χ1n) is 16.9. The van der Waals surface area contributed by atoms with Crippen LogP contribution in [0.3, 0.4) is 0 Å². The molecule has 0 aliphatic carbocycles. The van der Waals surface area contributed by atoms with Crippen molar-refractivity contribution in [3.05, 3.63) is 18.2 Å². The second-order valence-corrected chi connectivity index (χ2v) is 11.6. The Balaban J connectivity index is 2.16. The highest BCUT2D eigenvalue weighted by molar-refractivity contribution is 4.84. The average Bonchev–Trinajstić information content (AvgIpc) is 3.27. The van der Waals surface area contributed by atoms with Gasteiger partial charge in [-0.3, -0.25) is 0 Å². The van der Waals surface area contributed by atoms with E-state index in [0.29, 0.717) is 0 Å². The van der Waals surface area contributed by atoms with Crippen LogP contribution in [-0.2, 0) is 19.5 Å². The number of unbranched alkanes of at least 4 members (excludes halogenated alkanes) is 22. The van der Waals surface area contributed by atoms with E-state index in [0.717, 1.165) is 0 Å². The summed E-state index contributed by atoms with van der Waals surface area (Å²) in [6.07, 6.45) is 41.5. The van der Waals surface area contributed by atoms with Crippen molar-refractivity contribution in [2.75, 3.05) is 0 Å². The SMILES string of the molecule is CCCCCCCCCCCCCCCCC[n+]1ccn(CCCCCCCC)c1CCCCCC. The highest BCUT2D eigenvalue weighted by atomic mass is 15.1. The largest absolute Gasteiger partial charge is 0.256 e. The van der Waals surface area contributed by atoms with Gasteiger partial charge in [0, 0.05) is 6.42 Å². The summed E-state index contributed by atoms with van der Waals surface area (Å²) in [7, 11) is 0. The van der Waals surface area contributed by atoms with Crippen LogP contribution < -0.4 is 4.57 Å². The first-order valence-corrected chi connectivity index (χ1v) is 16.9. The van der Waals surface area contributed by atoms with Gasteiger partial charge in [0.1, 0.15) is 12.4 Å². The van der Waals surface area contributed by atoms with Crippen LogP contribution in [0.5, 0.6) is 0 Å². The van der Waals surface area contributed by atoms with E-state index in [4.69, 9.17) is 0 Å². The van der Waals surface area contributed by atoms with E-state index in [-0.39, 0.29) is 0 Å². The second-order valence-electron chi connectivity index (χ2n) is 11.6. The van der Waals surface area contributed by atoms with Crippen molar-refractivity contribution in [1.29, 1.82) is 0 Å². The van der Waals surface area contributed by atoms with Crippen LogP contribution in [0.25, 0.3) is 0 Å². The Hall–Kier alpha value is -0.790. The van der Waals surface area contributed by atoms with Gasteiger partial charge in [-0.05, 0) is 32.1 Å². The summed E-state index contributed by atoms with van der Waals surface area (Å²) in [5.74, 6) is 1.60. The molecule has 0 amide bonds. The molecule has 0 spiro atoms. The van der Waals surface area contributed by atoms with Crippen molar-refractivity contribution in [2.24, 2.45) is 0 Å². The maximum Gasteiger partial charge on any atom is 0.256 e. The van der Waals surface area contributed by atoms with Crippen LogP contribution >= 0.6 is 0 Å². The van der Waals surface area contributed by atoms with Crippen LogP contribution in [0.4, 0.5) is 0 Å². The predicted octanol–water partition coefficient (Wildman–Crippen LogP) is 11.1. The molecular formula is C34H67N2+. The van der Waals surface area contributed by atoms with E-state index in [2.05, 4.69) is 42.3 Å². The summed E-state index contributed by atoms with van der Waals surface area (Å²) in [5.41, 5.74) is 0. The molecule has 0 N–H and O–H groups in total. The van der Waals surface area contributed by atoms with Crippen LogP contribution in [0.1, 0.15) is 187 Å². The first-order chi connectivity index (χ1) is 17.8. The fraction of sp³-hybridized carbons (Fsp3) is 0.912. The lowest BCUT2D eigenvalue weighted by Gasteiger charge is -2.07. The third kappa shape index (κ3) is 18.5. The second kappa shape index (κ2) is 25.8. The van der Waals surface area contributed by atoms with Crippen LogP contribution in [0.15, 0.2) is 12.4 Å². The molecule has 2 nitrogen and oxygen atoms in total. The van der Waals surface area contributed by atoms with Crippen LogP contribution in [0, 0.1) is 0 Å². The number of aromatic nitrogens is 2. The normalized spacial score (nSPS) is 11.5. The number of nitrogens with zero attached hydrogens (tertiary/aromatic N) is 2. The molecule has 1 heterocycles. The molecule has 0 aliphatic rings.